The monoisotopic (exact) mass is 410 g/mol. The Bertz CT molecular complexity index is 1120. The minimum Gasteiger partial charge on any atom is -0.494 e. The second-order valence-corrected chi connectivity index (χ2v) is 8.07. The zero-order valence-corrected chi connectivity index (χ0v) is 17.5. The third kappa shape index (κ3) is 3.70. The number of ether oxygens (including phenoxy) is 1. The molecule has 1 aliphatic carbocycles. The van der Waals surface area contributed by atoms with Gasteiger partial charge in [-0.2, -0.15) is 0 Å². The van der Waals surface area contributed by atoms with Crippen molar-refractivity contribution in [2.75, 3.05) is 17.2 Å². The molecule has 0 saturated carbocycles. The molecule has 0 fully saturated rings. The minimum absolute atomic E-state index is 0.0913. The first-order valence-corrected chi connectivity index (χ1v) is 10.9. The largest absolute Gasteiger partial charge is 0.494 e. The Balaban J connectivity index is 1.45. The molecule has 1 heterocycles. The summed E-state index contributed by atoms with van der Waals surface area (Å²) in [5.41, 5.74) is 5.03. The molecule has 3 atom stereocenters. The highest BCUT2D eigenvalue weighted by Crippen LogP contribution is 2.51. The first-order valence-electron chi connectivity index (χ1n) is 10.9. The van der Waals surface area contributed by atoms with Crippen molar-refractivity contribution in [3.63, 3.8) is 0 Å². The fraction of sp³-hybridized carbons (Fsp3) is 0.222. The van der Waals surface area contributed by atoms with E-state index in [9.17, 15) is 4.79 Å². The van der Waals surface area contributed by atoms with E-state index in [1.807, 2.05) is 49.4 Å². The van der Waals surface area contributed by atoms with Gasteiger partial charge in [0.15, 0.2) is 0 Å². The third-order valence-corrected chi connectivity index (χ3v) is 6.21. The molecule has 0 aromatic heterocycles. The Kier molecular flexibility index (Phi) is 5.21. The van der Waals surface area contributed by atoms with Crippen molar-refractivity contribution in [1.29, 1.82) is 0 Å². The minimum atomic E-state index is -0.0913. The molecule has 4 nitrogen and oxygen atoms in total. The highest BCUT2D eigenvalue weighted by Gasteiger charge is 2.39. The Labute approximate surface area is 183 Å². The van der Waals surface area contributed by atoms with Gasteiger partial charge in [-0.1, -0.05) is 48.6 Å². The molecule has 1 amide bonds. The van der Waals surface area contributed by atoms with Crippen molar-refractivity contribution in [3.8, 4) is 5.75 Å². The number of allylic oxidation sites excluding steroid dienone is 2. The van der Waals surface area contributed by atoms with Crippen molar-refractivity contribution in [1.82, 2.24) is 0 Å². The summed E-state index contributed by atoms with van der Waals surface area (Å²) in [6.07, 6.45) is 5.60. The van der Waals surface area contributed by atoms with E-state index < -0.39 is 0 Å². The van der Waals surface area contributed by atoms with E-state index in [1.165, 1.54) is 11.1 Å². The van der Waals surface area contributed by atoms with Gasteiger partial charge in [0.2, 0.25) is 0 Å². The molecule has 31 heavy (non-hydrogen) atoms. The van der Waals surface area contributed by atoms with Crippen LogP contribution in [0.25, 0.3) is 0 Å². The number of nitrogens with one attached hydrogen (secondary N) is 2. The van der Waals surface area contributed by atoms with Crippen molar-refractivity contribution >= 4 is 17.3 Å². The fourth-order valence-corrected chi connectivity index (χ4v) is 4.80. The van der Waals surface area contributed by atoms with Gasteiger partial charge in [-0.3, -0.25) is 4.79 Å². The van der Waals surface area contributed by atoms with Gasteiger partial charge in [0.25, 0.3) is 5.91 Å². The van der Waals surface area contributed by atoms with Crippen molar-refractivity contribution in [2.45, 2.75) is 25.3 Å². The zero-order chi connectivity index (χ0) is 21.2. The van der Waals surface area contributed by atoms with Crippen molar-refractivity contribution in [3.05, 3.63) is 102 Å². The molecule has 3 aromatic carbocycles. The van der Waals surface area contributed by atoms with Gasteiger partial charge < -0.3 is 15.4 Å². The second kappa shape index (κ2) is 8.31. The maximum Gasteiger partial charge on any atom is 0.255 e. The highest BCUT2D eigenvalue weighted by atomic mass is 16.5. The Morgan fingerprint density at radius 3 is 2.68 bits per heavy atom. The number of amides is 1. The lowest BCUT2D eigenvalue weighted by atomic mass is 9.76. The number of anilines is 2. The maximum absolute atomic E-state index is 12.6. The molecular weight excluding hydrogens is 384 g/mol. The predicted molar refractivity (Wildman–Crippen MR) is 125 cm³/mol. The number of fused-ring (bicyclic) bond motifs is 3. The van der Waals surface area contributed by atoms with E-state index in [0.717, 1.165) is 23.5 Å². The second-order valence-electron chi connectivity index (χ2n) is 8.07. The quantitative estimate of drug-likeness (QED) is 0.495. The van der Waals surface area contributed by atoms with Gasteiger partial charge in [0.05, 0.1) is 12.6 Å². The lowest BCUT2D eigenvalue weighted by Gasteiger charge is -2.38. The van der Waals surface area contributed by atoms with Crippen LogP contribution in [0.2, 0.25) is 0 Å². The lowest BCUT2D eigenvalue weighted by molar-refractivity contribution is 0.102. The normalized spacial score (nSPS) is 21.0. The van der Waals surface area contributed by atoms with Crippen molar-refractivity contribution < 1.29 is 9.53 Å². The van der Waals surface area contributed by atoms with Crippen LogP contribution in [-0.4, -0.2) is 12.5 Å². The van der Waals surface area contributed by atoms with Gasteiger partial charge >= 0.3 is 0 Å². The van der Waals surface area contributed by atoms with Gasteiger partial charge in [-0.05, 0) is 61.2 Å². The summed E-state index contributed by atoms with van der Waals surface area (Å²) in [6.45, 7) is 2.67. The van der Waals surface area contributed by atoms with Crippen LogP contribution in [0.1, 0.15) is 46.8 Å². The molecule has 5 rings (SSSR count). The SMILES string of the molecule is CCOc1ccccc1C1Nc2ccc(NC(=O)c3ccccc3)cc2C2C=CCC21. The van der Waals surface area contributed by atoms with Gasteiger partial charge in [-0.25, -0.2) is 0 Å². The van der Waals surface area contributed by atoms with Crippen LogP contribution in [-0.2, 0) is 0 Å². The summed E-state index contributed by atoms with van der Waals surface area (Å²) in [6, 6.07) is 24.0. The van der Waals surface area contributed by atoms with E-state index in [0.29, 0.717) is 24.0 Å². The summed E-state index contributed by atoms with van der Waals surface area (Å²) >= 11 is 0. The molecule has 1 aliphatic heterocycles. The number of hydrogen-bond acceptors (Lipinski definition) is 3. The lowest BCUT2D eigenvalue weighted by Crippen LogP contribution is -2.29. The topological polar surface area (TPSA) is 50.4 Å². The van der Waals surface area contributed by atoms with Crippen LogP contribution in [0.4, 0.5) is 11.4 Å². The molecule has 0 bridgehead atoms. The standard InChI is InChI=1S/C27H26N2O2/c1-2-31-25-14-7-6-11-22(25)26-21-13-8-12-20(21)23-17-19(15-16-24(23)29-26)28-27(30)18-9-4-3-5-10-18/h3-12,14-17,20-21,26,29H,2,13H2,1H3,(H,28,30). The van der Waals surface area contributed by atoms with E-state index in [-0.39, 0.29) is 11.9 Å². The summed E-state index contributed by atoms with van der Waals surface area (Å²) in [5, 5.41) is 6.81. The molecular formula is C27H26N2O2. The average Bonchev–Trinajstić information content (AvgIpc) is 3.30. The van der Waals surface area contributed by atoms with E-state index in [2.05, 4.69) is 53.1 Å². The molecule has 4 heteroatoms. The molecule has 2 N–H and O–H groups in total. The highest BCUT2D eigenvalue weighted by molar-refractivity contribution is 6.04. The van der Waals surface area contributed by atoms with E-state index >= 15 is 0 Å². The number of carbonyl (C=O) groups excluding carboxylic acids is 1. The summed E-state index contributed by atoms with van der Waals surface area (Å²) < 4.78 is 5.92. The molecule has 156 valence electrons. The average molecular weight is 411 g/mol. The molecule has 0 saturated heterocycles. The predicted octanol–water partition coefficient (Wildman–Crippen LogP) is 6.16. The van der Waals surface area contributed by atoms with Crippen LogP contribution in [0, 0.1) is 5.92 Å². The van der Waals surface area contributed by atoms with E-state index in [4.69, 9.17) is 4.74 Å². The first-order chi connectivity index (χ1) is 15.2. The molecule has 0 spiro atoms. The number of carbonyl (C=O) groups is 1. The Morgan fingerprint density at radius 1 is 1.03 bits per heavy atom. The van der Waals surface area contributed by atoms with E-state index in [1.54, 1.807) is 0 Å². The summed E-state index contributed by atoms with van der Waals surface area (Å²) in [7, 11) is 0. The van der Waals surface area contributed by atoms with Gasteiger partial charge in [-0.15, -0.1) is 0 Å². The van der Waals surface area contributed by atoms with Crippen LogP contribution in [0.15, 0.2) is 84.9 Å². The fourth-order valence-electron chi connectivity index (χ4n) is 4.80. The van der Waals surface area contributed by atoms with Crippen molar-refractivity contribution in [2.24, 2.45) is 5.92 Å². The van der Waals surface area contributed by atoms with Crippen LogP contribution >= 0.6 is 0 Å². The number of benzene rings is 3. The molecule has 0 radical (unpaired) electrons. The molecule has 2 aliphatic rings. The van der Waals surface area contributed by atoms with Gasteiger partial charge in [0, 0.05) is 28.4 Å². The summed E-state index contributed by atoms with van der Waals surface area (Å²) in [5.74, 6) is 1.58. The maximum atomic E-state index is 12.6. The summed E-state index contributed by atoms with van der Waals surface area (Å²) in [4.78, 5) is 12.6. The van der Waals surface area contributed by atoms with Gasteiger partial charge in [0.1, 0.15) is 5.75 Å². The third-order valence-electron chi connectivity index (χ3n) is 6.21. The first kappa shape index (κ1) is 19.4. The van der Waals surface area contributed by atoms with Crippen LogP contribution in [0.5, 0.6) is 5.75 Å². The number of hydrogen-bond donors (Lipinski definition) is 2. The van der Waals surface area contributed by atoms with Crippen LogP contribution in [0.3, 0.4) is 0 Å². The smallest absolute Gasteiger partial charge is 0.255 e. The Hall–Kier alpha value is -3.53. The van der Waals surface area contributed by atoms with Crippen LogP contribution < -0.4 is 15.4 Å². The molecule has 3 unspecified atom stereocenters. The molecule has 3 aromatic rings. The number of para-hydroxylation sites is 1. The number of rotatable bonds is 5. The Morgan fingerprint density at radius 2 is 1.84 bits per heavy atom. The zero-order valence-electron chi connectivity index (χ0n) is 17.5.